The summed E-state index contributed by atoms with van der Waals surface area (Å²) in [6.45, 7) is 1.98. The summed E-state index contributed by atoms with van der Waals surface area (Å²) in [6.07, 6.45) is 2.49. The van der Waals surface area contributed by atoms with Gasteiger partial charge in [0.25, 0.3) is 11.2 Å². The van der Waals surface area contributed by atoms with E-state index in [1.807, 2.05) is 6.92 Å². The lowest BCUT2D eigenvalue weighted by Gasteiger charge is -2.32. The van der Waals surface area contributed by atoms with Gasteiger partial charge in [0.15, 0.2) is 22.4 Å². The maximum atomic E-state index is 13.2. The van der Waals surface area contributed by atoms with Gasteiger partial charge in [0.2, 0.25) is 6.79 Å². The minimum atomic E-state index is -0.926. The maximum absolute atomic E-state index is 13.2. The first kappa shape index (κ1) is 20.6. The van der Waals surface area contributed by atoms with E-state index in [1.54, 1.807) is 0 Å². The lowest BCUT2D eigenvalue weighted by molar-refractivity contribution is -0.385. The molecule has 2 aliphatic heterocycles. The third-order valence-corrected chi connectivity index (χ3v) is 6.79. The van der Waals surface area contributed by atoms with Gasteiger partial charge in [0.1, 0.15) is 5.82 Å². The van der Waals surface area contributed by atoms with Gasteiger partial charge in [-0.3, -0.25) is 19.7 Å². The number of nitrogens with zero attached hydrogens (tertiary/aromatic N) is 2. The van der Waals surface area contributed by atoms with Crippen LogP contribution in [-0.4, -0.2) is 33.2 Å². The Bertz CT molecular complexity index is 1240. The van der Waals surface area contributed by atoms with Crippen molar-refractivity contribution in [2.45, 2.75) is 43.7 Å². The summed E-state index contributed by atoms with van der Waals surface area (Å²) in [7, 11) is 0. The van der Waals surface area contributed by atoms with Gasteiger partial charge in [-0.25, -0.2) is 4.98 Å². The van der Waals surface area contributed by atoms with Gasteiger partial charge < -0.3 is 19.8 Å². The number of anilines is 1. The predicted octanol–water partition coefficient (Wildman–Crippen LogP) is 3.47. The predicted molar refractivity (Wildman–Crippen MR) is 116 cm³/mol. The second-order valence-electron chi connectivity index (χ2n) is 7.73. The van der Waals surface area contributed by atoms with Gasteiger partial charge in [0, 0.05) is 29.0 Å². The Hall–Kier alpha value is -3.34. The minimum Gasteiger partial charge on any atom is -0.454 e. The fraction of sp³-hybridized carbons (Fsp3) is 0.381. The summed E-state index contributed by atoms with van der Waals surface area (Å²) in [5, 5.41) is 15.6. The zero-order valence-electron chi connectivity index (χ0n) is 17.2. The maximum Gasteiger partial charge on any atom is 0.277 e. The van der Waals surface area contributed by atoms with Crippen LogP contribution in [0.4, 0.5) is 11.5 Å². The second-order valence-corrected chi connectivity index (χ2v) is 8.81. The number of hydrogen-bond donors (Lipinski definition) is 2. The van der Waals surface area contributed by atoms with Crippen LogP contribution in [-0.2, 0) is 4.79 Å². The summed E-state index contributed by atoms with van der Waals surface area (Å²) in [5.41, 5.74) is 0.791. The fourth-order valence-electron chi connectivity index (χ4n) is 4.35. The molecule has 3 aliphatic rings. The number of hydrogen-bond acceptors (Lipinski definition) is 9. The Labute approximate surface area is 186 Å². The first-order valence-corrected chi connectivity index (χ1v) is 11.3. The van der Waals surface area contributed by atoms with Gasteiger partial charge in [-0.05, 0) is 25.3 Å². The number of allylic oxidation sites excluding steroid dienone is 2. The third-order valence-electron chi connectivity index (χ3n) is 5.71. The summed E-state index contributed by atoms with van der Waals surface area (Å²) < 4.78 is 10.7. The average molecular weight is 456 g/mol. The normalized spacial score (nSPS) is 18.8. The SMILES string of the molecule is CCCSc1nc2c(c(=O)[nH]1)C(c1cc3c(cc1[N+](=O)[O-])OCO3)C1=C(CCCC1=O)N2. The number of benzene rings is 1. The van der Waals surface area contributed by atoms with Gasteiger partial charge in [0.05, 0.1) is 22.5 Å². The third kappa shape index (κ3) is 3.32. The number of nitro benzene ring substituents is 1. The van der Waals surface area contributed by atoms with E-state index in [0.29, 0.717) is 47.3 Å². The van der Waals surface area contributed by atoms with Crippen LogP contribution in [0.1, 0.15) is 49.7 Å². The Balaban J connectivity index is 1.76. The molecule has 1 unspecified atom stereocenters. The molecule has 1 aliphatic carbocycles. The van der Waals surface area contributed by atoms with Crippen molar-refractivity contribution in [2.24, 2.45) is 0 Å². The Morgan fingerprint density at radius 1 is 1.25 bits per heavy atom. The molecule has 0 amide bonds. The van der Waals surface area contributed by atoms with Gasteiger partial charge in [-0.2, -0.15) is 0 Å². The molecule has 0 saturated carbocycles. The van der Waals surface area contributed by atoms with E-state index in [4.69, 9.17) is 9.47 Å². The zero-order chi connectivity index (χ0) is 22.4. The fourth-order valence-corrected chi connectivity index (χ4v) is 5.07. The van der Waals surface area contributed by atoms with Crippen LogP contribution in [0.5, 0.6) is 11.5 Å². The van der Waals surface area contributed by atoms with E-state index in [2.05, 4.69) is 15.3 Å². The number of H-pyrrole nitrogens is 1. The molecular formula is C21H20N4O6S. The Morgan fingerprint density at radius 3 is 2.78 bits per heavy atom. The van der Waals surface area contributed by atoms with Crippen molar-refractivity contribution in [3.05, 3.63) is 55.0 Å². The highest BCUT2D eigenvalue weighted by Crippen LogP contribution is 2.49. The molecule has 0 bridgehead atoms. The van der Waals surface area contributed by atoms with Gasteiger partial charge in [-0.15, -0.1) is 0 Å². The van der Waals surface area contributed by atoms with E-state index in [0.717, 1.165) is 12.2 Å². The number of ketones is 1. The molecule has 0 fully saturated rings. The molecule has 3 heterocycles. The number of rotatable bonds is 5. The zero-order valence-corrected chi connectivity index (χ0v) is 18.0. The van der Waals surface area contributed by atoms with Crippen LogP contribution in [0.2, 0.25) is 0 Å². The van der Waals surface area contributed by atoms with Crippen molar-refractivity contribution >= 4 is 29.1 Å². The molecule has 32 heavy (non-hydrogen) atoms. The quantitative estimate of drug-likeness (QED) is 0.300. The van der Waals surface area contributed by atoms with Crippen molar-refractivity contribution in [3.63, 3.8) is 0 Å². The lowest BCUT2D eigenvalue weighted by atomic mass is 9.76. The highest BCUT2D eigenvalue weighted by atomic mass is 32.2. The van der Waals surface area contributed by atoms with E-state index in [1.165, 1.54) is 23.9 Å². The molecule has 2 aromatic rings. The molecule has 5 rings (SSSR count). The van der Waals surface area contributed by atoms with Crippen LogP contribution < -0.4 is 20.3 Å². The molecule has 0 spiro atoms. The number of ether oxygens (including phenoxy) is 2. The summed E-state index contributed by atoms with van der Waals surface area (Å²) >= 11 is 1.42. The van der Waals surface area contributed by atoms with Crippen LogP contribution in [0.15, 0.2) is 33.4 Å². The van der Waals surface area contributed by atoms with Crippen LogP contribution in [0.25, 0.3) is 0 Å². The van der Waals surface area contributed by atoms with Crippen LogP contribution in [0.3, 0.4) is 0 Å². The smallest absolute Gasteiger partial charge is 0.277 e. The minimum absolute atomic E-state index is 0.0498. The Morgan fingerprint density at radius 2 is 2.03 bits per heavy atom. The molecule has 1 atom stereocenters. The first-order chi connectivity index (χ1) is 15.5. The number of nitrogens with one attached hydrogen (secondary N) is 2. The molecule has 166 valence electrons. The number of thioether (sulfide) groups is 1. The highest BCUT2D eigenvalue weighted by Gasteiger charge is 2.41. The summed E-state index contributed by atoms with van der Waals surface area (Å²) in [4.78, 5) is 45.0. The van der Waals surface area contributed by atoms with Crippen LogP contribution in [0, 0.1) is 10.1 Å². The van der Waals surface area contributed by atoms with Crippen molar-refractivity contribution < 1.29 is 19.2 Å². The largest absolute Gasteiger partial charge is 0.454 e. The number of fused-ring (bicyclic) bond motifs is 2. The topological polar surface area (TPSA) is 136 Å². The van der Waals surface area contributed by atoms with E-state index in [9.17, 15) is 19.7 Å². The highest BCUT2D eigenvalue weighted by molar-refractivity contribution is 7.99. The van der Waals surface area contributed by atoms with Crippen molar-refractivity contribution in [2.75, 3.05) is 17.9 Å². The Kier molecular flexibility index (Phi) is 5.12. The number of Topliss-reactive ketones (excluding diaryl/α,β-unsaturated/α-hetero) is 1. The lowest BCUT2D eigenvalue weighted by Crippen LogP contribution is -2.33. The number of carbonyl (C=O) groups excluding carboxylic acids is 1. The molecular weight excluding hydrogens is 436 g/mol. The number of aromatic nitrogens is 2. The average Bonchev–Trinajstić information content (AvgIpc) is 3.23. The standard InChI is InChI=1S/C21H20N4O6S/c1-2-6-32-21-23-19-18(20(27)24-21)16(17-11(22-19)4-3-5-13(17)26)10-7-14-15(31-9-30-14)8-12(10)25(28)29/h7-8,16H,2-6,9H2,1H3,(H2,22,23,24,27). The van der Waals surface area contributed by atoms with E-state index in [-0.39, 0.29) is 35.1 Å². The summed E-state index contributed by atoms with van der Waals surface area (Å²) in [6, 6.07) is 2.80. The number of nitro groups is 1. The summed E-state index contributed by atoms with van der Waals surface area (Å²) in [5.74, 6) is 0.659. The molecule has 0 radical (unpaired) electrons. The van der Waals surface area contributed by atoms with Crippen LogP contribution >= 0.6 is 11.8 Å². The molecule has 1 aromatic carbocycles. The molecule has 2 N–H and O–H groups in total. The molecule has 1 aromatic heterocycles. The molecule has 10 nitrogen and oxygen atoms in total. The number of aromatic amines is 1. The van der Waals surface area contributed by atoms with Crippen molar-refractivity contribution in [1.29, 1.82) is 0 Å². The van der Waals surface area contributed by atoms with E-state index >= 15 is 0 Å². The van der Waals surface area contributed by atoms with Gasteiger partial charge >= 0.3 is 0 Å². The van der Waals surface area contributed by atoms with Crippen molar-refractivity contribution in [1.82, 2.24) is 9.97 Å². The number of carbonyl (C=O) groups is 1. The molecule has 0 saturated heterocycles. The van der Waals surface area contributed by atoms with E-state index < -0.39 is 16.4 Å². The van der Waals surface area contributed by atoms with Gasteiger partial charge in [-0.1, -0.05) is 18.7 Å². The first-order valence-electron chi connectivity index (χ1n) is 10.4. The molecule has 11 heteroatoms. The second kappa shape index (κ2) is 7.97. The monoisotopic (exact) mass is 456 g/mol. The van der Waals surface area contributed by atoms with Crippen molar-refractivity contribution in [3.8, 4) is 11.5 Å².